The number of fused-ring (bicyclic) bond motifs is 6. The molecule has 110 valence electrons. The zero-order valence-electron chi connectivity index (χ0n) is 12.4. The number of aliphatic hydroxyl groups excluding tert-OH is 2. The summed E-state index contributed by atoms with van der Waals surface area (Å²) in [6.45, 7) is 1.86. The van der Waals surface area contributed by atoms with Crippen LogP contribution in [-0.2, 0) is 13.2 Å². The second kappa shape index (κ2) is 4.83. The summed E-state index contributed by atoms with van der Waals surface area (Å²) in [7, 11) is 0. The Hall–Kier alpha value is -2.36. The Morgan fingerprint density at radius 2 is 1.36 bits per heavy atom. The topological polar surface area (TPSA) is 44.9 Å². The van der Waals surface area contributed by atoms with E-state index in [4.69, 9.17) is 0 Å². The normalized spacial score (nSPS) is 11.8. The number of aliphatic hydroxyl groups is 2. The predicted octanol–water partition coefficient (Wildman–Crippen LogP) is 3.54. The van der Waals surface area contributed by atoms with Crippen LogP contribution in [0, 0.1) is 6.92 Å². The van der Waals surface area contributed by atoms with Gasteiger partial charge in [-0.1, -0.05) is 42.5 Å². The van der Waals surface area contributed by atoms with Crippen LogP contribution in [0.25, 0.3) is 27.2 Å². The van der Waals surface area contributed by atoms with Crippen molar-refractivity contribution in [3.63, 3.8) is 0 Å². The molecule has 0 bridgehead atoms. The van der Waals surface area contributed by atoms with Crippen LogP contribution in [0.4, 0.5) is 0 Å². The quantitative estimate of drug-likeness (QED) is 0.555. The van der Waals surface area contributed by atoms with Gasteiger partial charge in [0.1, 0.15) is 0 Å². The van der Waals surface area contributed by atoms with Gasteiger partial charge < -0.3 is 14.6 Å². The number of nitrogens with zero attached hydrogens (tertiary/aromatic N) is 1. The van der Waals surface area contributed by atoms with E-state index in [-0.39, 0.29) is 13.2 Å². The summed E-state index contributed by atoms with van der Waals surface area (Å²) >= 11 is 0. The zero-order valence-corrected chi connectivity index (χ0v) is 12.4. The molecule has 4 rings (SSSR count). The van der Waals surface area contributed by atoms with Gasteiger partial charge in [-0.25, -0.2) is 0 Å². The van der Waals surface area contributed by atoms with E-state index in [2.05, 4.69) is 28.7 Å². The van der Waals surface area contributed by atoms with Crippen LogP contribution in [0.3, 0.4) is 0 Å². The molecule has 2 aromatic heterocycles. The highest BCUT2D eigenvalue weighted by Gasteiger charge is 2.18. The summed E-state index contributed by atoms with van der Waals surface area (Å²) in [6, 6.07) is 16.5. The third-order valence-corrected chi connectivity index (χ3v) is 4.58. The maximum absolute atomic E-state index is 9.87. The number of benzene rings is 2. The van der Waals surface area contributed by atoms with E-state index in [1.54, 1.807) is 0 Å². The molecule has 4 aromatic rings. The molecule has 0 aliphatic heterocycles. The first-order valence-electron chi connectivity index (χ1n) is 7.42. The molecule has 0 fully saturated rings. The van der Waals surface area contributed by atoms with Gasteiger partial charge in [-0.15, -0.1) is 0 Å². The Labute approximate surface area is 128 Å². The summed E-state index contributed by atoms with van der Waals surface area (Å²) in [5.41, 5.74) is 4.73. The second-order valence-electron chi connectivity index (χ2n) is 5.61. The van der Waals surface area contributed by atoms with Crippen LogP contribution < -0.4 is 0 Å². The fourth-order valence-corrected chi connectivity index (χ4v) is 3.58. The first kappa shape index (κ1) is 13.3. The standard InChI is InChI=1S/C19H17NO2/c1-12-16(10-21)17(11-22)19-15-8-3-2-6-13(15)14-7-4-5-9-18(14)20(12)19/h2-9,21-22H,10-11H2,1H3. The minimum absolute atomic E-state index is 0.0634. The van der Waals surface area contributed by atoms with Crippen molar-refractivity contribution < 1.29 is 10.2 Å². The van der Waals surface area contributed by atoms with Crippen LogP contribution in [0.2, 0.25) is 0 Å². The molecule has 0 radical (unpaired) electrons. The summed E-state index contributed by atoms with van der Waals surface area (Å²) < 4.78 is 2.16. The first-order chi connectivity index (χ1) is 10.8. The van der Waals surface area contributed by atoms with Gasteiger partial charge >= 0.3 is 0 Å². The predicted molar refractivity (Wildman–Crippen MR) is 89.0 cm³/mol. The molecule has 0 spiro atoms. The molecule has 0 unspecified atom stereocenters. The molecule has 22 heavy (non-hydrogen) atoms. The van der Waals surface area contributed by atoms with E-state index in [0.717, 1.165) is 33.2 Å². The highest BCUT2D eigenvalue weighted by Crippen LogP contribution is 2.35. The van der Waals surface area contributed by atoms with Gasteiger partial charge in [0.15, 0.2) is 0 Å². The van der Waals surface area contributed by atoms with Gasteiger partial charge in [0, 0.05) is 27.6 Å². The van der Waals surface area contributed by atoms with Gasteiger partial charge in [-0.05, 0) is 18.4 Å². The lowest BCUT2D eigenvalue weighted by atomic mass is 10.0. The highest BCUT2D eigenvalue weighted by atomic mass is 16.3. The molecule has 0 saturated heterocycles. The van der Waals surface area contributed by atoms with Gasteiger partial charge in [0.05, 0.1) is 24.2 Å². The molecule has 0 aliphatic carbocycles. The van der Waals surface area contributed by atoms with Crippen molar-refractivity contribution >= 4 is 27.2 Å². The Kier molecular flexibility index (Phi) is 2.93. The van der Waals surface area contributed by atoms with E-state index in [1.807, 2.05) is 31.2 Å². The van der Waals surface area contributed by atoms with Crippen molar-refractivity contribution in [2.75, 3.05) is 0 Å². The molecule has 0 atom stereocenters. The van der Waals surface area contributed by atoms with Crippen molar-refractivity contribution in [2.24, 2.45) is 0 Å². The van der Waals surface area contributed by atoms with Crippen molar-refractivity contribution in [3.8, 4) is 0 Å². The molecule has 0 saturated carbocycles. The Balaban J connectivity index is 2.42. The van der Waals surface area contributed by atoms with E-state index >= 15 is 0 Å². The fraction of sp³-hybridized carbons (Fsp3) is 0.158. The van der Waals surface area contributed by atoms with Crippen LogP contribution in [0.5, 0.6) is 0 Å². The van der Waals surface area contributed by atoms with Gasteiger partial charge in [-0.3, -0.25) is 0 Å². The second-order valence-corrected chi connectivity index (χ2v) is 5.61. The number of rotatable bonds is 2. The fourth-order valence-electron chi connectivity index (χ4n) is 3.58. The highest BCUT2D eigenvalue weighted by molar-refractivity contribution is 6.13. The number of hydrogen-bond acceptors (Lipinski definition) is 2. The van der Waals surface area contributed by atoms with E-state index in [0.29, 0.717) is 0 Å². The number of pyridine rings is 1. The smallest absolute Gasteiger partial charge is 0.0706 e. The lowest BCUT2D eigenvalue weighted by Gasteiger charge is -2.11. The van der Waals surface area contributed by atoms with Crippen molar-refractivity contribution in [1.82, 2.24) is 4.40 Å². The summed E-state index contributed by atoms with van der Waals surface area (Å²) in [5.74, 6) is 0. The van der Waals surface area contributed by atoms with Crippen molar-refractivity contribution in [1.29, 1.82) is 0 Å². The summed E-state index contributed by atoms with van der Waals surface area (Å²) in [6.07, 6.45) is 0. The van der Waals surface area contributed by atoms with Crippen molar-refractivity contribution in [2.45, 2.75) is 20.1 Å². The van der Waals surface area contributed by atoms with Crippen LogP contribution >= 0.6 is 0 Å². The maximum atomic E-state index is 9.87. The molecule has 3 nitrogen and oxygen atoms in total. The molecule has 3 heteroatoms. The monoisotopic (exact) mass is 291 g/mol. The minimum Gasteiger partial charge on any atom is -0.392 e. The number of hydrogen-bond donors (Lipinski definition) is 2. The average Bonchev–Trinajstić information content (AvgIpc) is 2.87. The van der Waals surface area contributed by atoms with E-state index in [9.17, 15) is 10.2 Å². The number of aryl methyl sites for hydroxylation is 1. The SMILES string of the molecule is Cc1c(CO)c(CO)c2c3ccccc3c3ccccc3n12. The zero-order chi connectivity index (χ0) is 15.3. The largest absolute Gasteiger partial charge is 0.392 e. The Morgan fingerprint density at radius 3 is 2.05 bits per heavy atom. The van der Waals surface area contributed by atoms with Gasteiger partial charge in [0.2, 0.25) is 0 Å². The van der Waals surface area contributed by atoms with Crippen molar-refractivity contribution in [3.05, 3.63) is 65.4 Å². The van der Waals surface area contributed by atoms with Crippen LogP contribution in [0.1, 0.15) is 16.8 Å². The van der Waals surface area contributed by atoms with E-state index in [1.165, 1.54) is 10.8 Å². The molecule has 0 amide bonds. The van der Waals surface area contributed by atoms with Crippen LogP contribution in [-0.4, -0.2) is 14.6 Å². The molecule has 2 N–H and O–H groups in total. The van der Waals surface area contributed by atoms with Gasteiger partial charge in [0.25, 0.3) is 0 Å². The molecule has 2 heterocycles. The lowest BCUT2D eigenvalue weighted by molar-refractivity contribution is 0.261. The van der Waals surface area contributed by atoms with Gasteiger partial charge in [-0.2, -0.15) is 0 Å². The lowest BCUT2D eigenvalue weighted by Crippen LogP contribution is -1.93. The summed E-state index contributed by atoms with van der Waals surface area (Å²) in [5, 5.41) is 23.1. The summed E-state index contributed by atoms with van der Waals surface area (Å²) in [4.78, 5) is 0. The third-order valence-electron chi connectivity index (χ3n) is 4.58. The molecule has 2 aromatic carbocycles. The molecular weight excluding hydrogens is 274 g/mol. The minimum atomic E-state index is -0.0738. The third kappa shape index (κ3) is 1.58. The number of aromatic nitrogens is 1. The molecule has 0 aliphatic rings. The van der Waals surface area contributed by atoms with Crippen LogP contribution in [0.15, 0.2) is 48.5 Å². The Morgan fingerprint density at radius 1 is 0.773 bits per heavy atom. The maximum Gasteiger partial charge on any atom is 0.0706 e. The average molecular weight is 291 g/mol. The Bertz CT molecular complexity index is 1010. The first-order valence-corrected chi connectivity index (χ1v) is 7.42. The number of para-hydroxylation sites is 1. The van der Waals surface area contributed by atoms with E-state index < -0.39 is 0 Å². The molecular formula is C19H17NO2.